The van der Waals surface area contributed by atoms with Gasteiger partial charge >= 0.3 is 0 Å². The fraction of sp³-hybridized carbons (Fsp3) is 0.167. The van der Waals surface area contributed by atoms with Crippen LogP contribution in [0.15, 0.2) is 36.8 Å². The molecule has 0 spiro atoms. The van der Waals surface area contributed by atoms with E-state index in [1.807, 2.05) is 25.1 Å². The molecule has 2 aromatic rings. The number of aromatic nitrogens is 2. The quantitative estimate of drug-likeness (QED) is 0.792. The summed E-state index contributed by atoms with van der Waals surface area (Å²) in [6.07, 6.45) is 5.18. The molecule has 4 heteroatoms. The fourth-order valence-corrected chi connectivity index (χ4v) is 1.69. The Bertz CT molecular complexity index is 450. The molecule has 82 valence electrons. The number of hydrogen-bond donors (Lipinski definition) is 2. The zero-order valence-corrected chi connectivity index (χ0v) is 9.09. The minimum absolute atomic E-state index is 0.253. The number of nitrogens with two attached hydrogens (primary N) is 2. The van der Waals surface area contributed by atoms with E-state index < -0.39 is 0 Å². The summed E-state index contributed by atoms with van der Waals surface area (Å²) < 4.78 is 0. The van der Waals surface area contributed by atoms with Crippen molar-refractivity contribution in [2.45, 2.75) is 13.0 Å². The summed E-state index contributed by atoms with van der Waals surface area (Å²) in [6.45, 7) is 1.98. The smallest absolute Gasteiger partial charge is 0.128 e. The van der Waals surface area contributed by atoms with E-state index in [-0.39, 0.29) is 6.04 Å². The summed E-state index contributed by atoms with van der Waals surface area (Å²) in [5.74, 6) is 0.478. The lowest BCUT2D eigenvalue weighted by Gasteiger charge is -2.15. The summed E-state index contributed by atoms with van der Waals surface area (Å²) >= 11 is 0. The number of nitrogen functional groups attached to an aromatic ring is 1. The first-order valence-electron chi connectivity index (χ1n) is 5.06. The lowest BCUT2D eigenvalue weighted by atomic mass is 9.98. The SMILES string of the molecule is Cc1cnccc1C(N)c1cccnc1N. The number of pyridine rings is 2. The maximum absolute atomic E-state index is 6.17. The molecule has 1 atom stereocenters. The van der Waals surface area contributed by atoms with Crippen molar-refractivity contribution >= 4 is 5.82 Å². The highest BCUT2D eigenvalue weighted by Crippen LogP contribution is 2.24. The van der Waals surface area contributed by atoms with E-state index in [0.29, 0.717) is 5.82 Å². The van der Waals surface area contributed by atoms with E-state index >= 15 is 0 Å². The average Bonchev–Trinajstić information content (AvgIpc) is 2.29. The highest BCUT2D eigenvalue weighted by molar-refractivity contribution is 5.46. The predicted molar refractivity (Wildman–Crippen MR) is 63.7 cm³/mol. The van der Waals surface area contributed by atoms with E-state index in [9.17, 15) is 0 Å². The Labute approximate surface area is 94.3 Å². The van der Waals surface area contributed by atoms with Crippen molar-refractivity contribution in [1.29, 1.82) is 0 Å². The monoisotopic (exact) mass is 214 g/mol. The van der Waals surface area contributed by atoms with Crippen LogP contribution < -0.4 is 11.5 Å². The van der Waals surface area contributed by atoms with Crippen LogP contribution in [0.25, 0.3) is 0 Å². The topological polar surface area (TPSA) is 77.8 Å². The van der Waals surface area contributed by atoms with E-state index in [2.05, 4.69) is 9.97 Å². The molecule has 0 saturated heterocycles. The standard InChI is InChI=1S/C12H14N4/c1-8-7-15-6-4-9(8)11(13)10-3-2-5-16-12(10)14/h2-7,11H,13H2,1H3,(H2,14,16). The molecule has 0 amide bonds. The highest BCUT2D eigenvalue weighted by Gasteiger charge is 2.13. The van der Waals surface area contributed by atoms with Gasteiger partial charge in [0.2, 0.25) is 0 Å². The van der Waals surface area contributed by atoms with Crippen molar-refractivity contribution in [3.63, 3.8) is 0 Å². The molecule has 2 heterocycles. The molecular formula is C12H14N4. The Balaban J connectivity index is 2.44. The second kappa shape index (κ2) is 4.28. The largest absolute Gasteiger partial charge is 0.383 e. The number of hydrogen-bond acceptors (Lipinski definition) is 4. The third-order valence-electron chi connectivity index (χ3n) is 2.61. The number of rotatable bonds is 2. The third kappa shape index (κ3) is 1.87. The summed E-state index contributed by atoms with van der Waals surface area (Å²) in [7, 11) is 0. The molecule has 0 saturated carbocycles. The van der Waals surface area contributed by atoms with Gasteiger partial charge in [-0.2, -0.15) is 0 Å². The molecule has 0 radical (unpaired) electrons. The van der Waals surface area contributed by atoms with Crippen molar-refractivity contribution in [1.82, 2.24) is 9.97 Å². The molecule has 16 heavy (non-hydrogen) atoms. The normalized spacial score (nSPS) is 12.4. The van der Waals surface area contributed by atoms with Gasteiger partial charge in [0.05, 0.1) is 6.04 Å². The van der Waals surface area contributed by atoms with Crippen molar-refractivity contribution in [3.05, 3.63) is 53.5 Å². The maximum atomic E-state index is 6.17. The highest BCUT2D eigenvalue weighted by atomic mass is 14.8. The van der Waals surface area contributed by atoms with Crippen LogP contribution in [0.1, 0.15) is 22.7 Å². The molecule has 4 nitrogen and oxygen atoms in total. The summed E-state index contributed by atoms with van der Waals surface area (Å²) in [5, 5.41) is 0. The Kier molecular flexibility index (Phi) is 2.83. The molecule has 2 rings (SSSR count). The molecular weight excluding hydrogens is 200 g/mol. The second-order valence-electron chi connectivity index (χ2n) is 3.69. The van der Waals surface area contributed by atoms with Crippen molar-refractivity contribution in [2.75, 3.05) is 5.73 Å². The zero-order valence-electron chi connectivity index (χ0n) is 9.09. The van der Waals surface area contributed by atoms with Crippen LogP contribution in [-0.2, 0) is 0 Å². The van der Waals surface area contributed by atoms with E-state index in [1.165, 1.54) is 0 Å². The third-order valence-corrected chi connectivity index (χ3v) is 2.61. The molecule has 0 aliphatic carbocycles. The Morgan fingerprint density at radius 1 is 1.19 bits per heavy atom. The van der Waals surface area contributed by atoms with Gasteiger partial charge in [0.25, 0.3) is 0 Å². The Morgan fingerprint density at radius 2 is 2.00 bits per heavy atom. The Hall–Kier alpha value is -1.94. The summed E-state index contributed by atoms with van der Waals surface area (Å²) in [6, 6.07) is 5.39. The first-order chi connectivity index (χ1) is 7.70. The van der Waals surface area contributed by atoms with Crippen molar-refractivity contribution < 1.29 is 0 Å². The van der Waals surface area contributed by atoms with Gasteiger partial charge < -0.3 is 11.5 Å². The molecule has 1 unspecified atom stereocenters. The van der Waals surface area contributed by atoms with E-state index in [0.717, 1.165) is 16.7 Å². The van der Waals surface area contributed by atoms with Crippen molar-refractivity contribution in [3.8, 4) is 0 Å². The molecule has 4 N–H and O–H groups in total. The molecule has 0 aliphatic rings. The summed E-state index contributed by atoms with van der Waals surface area (Å²) in [4.78, 5) is 8.08. The van der Waals surface area contributed by atoms with Gasteiger partial charge in [0.15, 0.2) is 0 Å². The van der Waals surface area contributed by atoms with Crippen LogP contribution in [0.4, 0.5) is 5.82 Å². The molecule has 0 fully saturated rings. The van der Waals surface area contributed by atoms with Crippen molar-refractivity contribution in [2.24, 2.45) is 5.73 Å². The maximum Gasteiger partial charge on any atom is 0.128 e. The molecule has 0 aromatic carbocycles. The minimum atomic E-state index is -0.253. The average molecular weight is 214 g/mol. The number of nitrogens with zero attached hydrogens (tertiary/aromatic N) is 2. The predicted octanol–water partition coefficient (Wildman–Crippen LogP) is 1.42. The molecule has 0 bridgehead atoms. The van der Waals surface area contributed by atoms with Crippen LogP contribution in [-0.4, -0.2) is 9.97 Å². The zero-order chi connectivity index (χ0) is 11.5. The van der Waals surface area contributed by atoms with E-state index in [4.69, 9.17) is 11.5 Å². The fourth-order valence-electron chi connectivity index (χ4n) is 1.69. The van der Waals surface area contributed by atoms with Crippen LogP contribution in [0.2, 0.25) is 0 Å². The van der Waals surface area contributed by atoms with Gasteiger partial charge in [-0.25, -0.2) is 4.98 Å². The van der Waals surface area contributed by atoms with Crippen LogP contribution in [0, 0.1) is 6.92 Å². The number of anilines is 1. The lowest BCUT2D eigenvalue weighted by molar-refractivity contribution is 0.853. The van der Waals surface area contributed by atoms with Gasteiger partial charge in [0, 0.05) is 24.2 Å². The van der Waals surface area contributed by atoms with Gasteiger partial charge in [-0.1, -0.05) is 6.07 Å². The van der Waals surface area contributed by atoms with Gasteiger partial charge in [-0.3, -0.25) is 4.98 Å². The van der Waals surface area contributed by atoms with Gasteiger partial charge in [0.1, 0.15) is 5.82 Å². The summed E-state index contributed by atoms with van der Waals surface area (Å²) in [5.41, 5.74) is 14.9. The first kappa shape index (κ1) is 10.6. The number of aryl methyl sites for hydroxylation is 1. The lowest BCUT2D eigenvalue weighted by Crippen LogP contribution is -2.15. The van der Waals surface area contributed by atoms with E-state index in [1.54, 1.807) is 18.6 Å². The van der Waals surface area contributed by atoms with Crippen LogP contribution in [0.5, 0.6) is 0 Å². The molecule has 0 aliphatic heterocycles. The second-order valence-corrected chi connectivity index (χ2v) is 3.69. The Morgan fingerprint density at radius 3 is 2.69 bits per heavy atom. The molecule has 2 aromatic heterocycles. The van der Waals surface area contributed by atoms with Crippen LogP contribution >= 0.6 is 0 Å². The van der Waals surface area contributed by atoms with Gasteiger partial charge in [-0.05, 0) is 30.2 Å². The minimum Gasteiger partial charge on any atom is -0.383 e. The van der Waals surface area contributed by atoms with Crippen LogP contribution in [0.3, 0.4) is 0 Å². The van der Waals surface area contributed by atoms with Gasteiger partial charge in [-0.15, -0.1) is 0 Å². The first-order valence-corrected chi connectivity index (χ1v) is 5.06.